The van der Waals surface area contributed by atoms with Crippen molar-refractivity contribution in [2.75, 3.05) is 7.11 Å². The summed E-state index contributed by atoms with van der Waals surface area (Å²) in [6.07, 6.45) is 0.810. The van der Waals surface area contributed by atoms with Crippen LogP contribution in [0.2, 0.25) is 0 Å². The van der Waals surface area contributed by atoms with Gasteiger partial charge in [0.2, 0.25) is 0 Å². The Morgan fingerprint density at radius 2 is 1.86 bits per heavy atom. The Morgan fingerprint density at radius 1 is 1.19 bits per heavy atom. The van der Waals surface area contributed by atoms with Gasteiger partial charge >= 0.3 is 0 Å². The first-order chi connectivity index (χ1) is 10.1. The number of aryl methyl sites for hydroxylation is 1. The Morgan fingerprint density at radius 3 is 2.38 bits per heavy atom. The molecule has 5 nitrogen and oxygen atoms in total. The van der Waals surface area contributed by atoms with Crippen molar-refractivity contribution >= 4 is 11.5 Å². The number of nitrogens with zero attached hydrogens (tertiary/aromatic N) is 1. The quantitative estimate of drug-likeness (QED) is 0.479. The second-order valence-electron chi connectivity index (χ2n) is 4.52. The van der Waals surface area contributed by atoms with Gasteiger partial charge in [-0.3, -0.25) is 14.9 Å². The molecule has 0 aliphatic heterocycles. The van der Waals surface area contributed by atoms with Crippen LogP contribution in [0.4, 0.5) is 5.69 Å². The standard InChI is InChI=1S/C16H15NO4/c1-3-11-4-9-15(21-2)14(10-11)16(18)12-5-7-13(8-6-12)17(19)20/h4-10H,3H2,1-2H3. The molecule has 0 saturated heterocycles. The predicted octanol–water partition coefficient (Wildman–Crippen LogP) is 3.40. The highest BCUT2D eigenvalue weighted by Gasteiger charge is 2.16. The highest BCUT2D eigenvalue weighted by molar-refractivity contribution is 6.10. The molecule has 0 unspecified atom stereocenters. The minimum Gasteiger partial charge on any atom is -0.496 e. The average Bonchev–Trinajstić information content (AvgIpc) is 2.53. The van der Waals surface area contributed by atoms with Crippen LogP contribution in [-0.4, -0.2) is 17.8 Å². The van der Waals surface area contributed by atoms with Gasteiger partial charge in [0, 0.05) is 17.7 Å². The van der Waals surface area contributed by atoms with E-state index in [-0.39, 0.29) is 11.5 Å². The van der Waals surface area contributed by atoms with Gasteiger partial charge in [-0.2, -0.15) is 0 Å². The third-order valence-corrected chi connectivity index (χ3v) is 3.26. The summed E-state index contributed by atoms with van der Waals surface area (Å²) in [5, 5.41) is 10.6. The number of carbonyl (C=O) groups excluding carboxylic acids is 1. The zero-order chi connectivity index (χ0) is 15.4. The van der Waals surface area contributed by atoms with Crippen LogP contribution in [0.3, 0.4) is 0 Å². The lowest BCUT2D eigenvalue weighted by Crippen LogP contribution is -2.05. The molecule has 0 amide bonds. The molecule has 108 valence electrons. The van der Waals surface area contributed by atoms with Gasteiger partial charge in [0.1, 0.15) is 5.75 Å². The smallest absolute Gasteiger partial charge is 0.269 e. The molecule has 0 saturated carbocycles. The number of benzene rings is 2. The van der Waals surface area contributed by atoms with E-state index >= 15 is 0 Å². The monoisotopic (exact) mass is 285 g/mol. The summed E-state index contributed by atoms with van der Waals surface area (Å²) in [7, 11) is 1.51. The molecule has 0 atom stereocenters. The maximum atomic E-state index is 12.5. The number of nitro groups is 1. The summed E-state index contributed by atoms with van der Waals surface area (Å²) in [5.74, 6) is 0.285. The van der Waals surface area contributed by atoms with E-state index in [0.29, 0.717) is 16.9 Å². The van der Waals surface area contributed by atoms with E-state index in [1.165, 1.54) is 31.4 Å². The topological polar surface area (TPSA) is 69.4 Å². The lowest BCUT2D eigenvalue weighted by atomic mass is 9.99. The number of ketones is 1. The number of hydrogen-bond donors (Lipinski definition) is 0. The average molecular weight is 285 g/mol. The fraction of sp³-hybridized carbons (Fsp3) is 0.188. The Hall–Kier alpha value is -2.69. The summed E-state index contributed by atoms with van der Waals surface area (Å²) in [6.45, 7) is 2.00. The molecule has 0 fully saturated rings. The van der Waals surface area contributed by atoms with Gasteiger partial charge in [-0.25, -0.2) is 0 Å². The zero-order valence-electron chi connectivity index (χ0n) is 11.8. The number of rotatable bonds is 5. The van der Waals surface area contributed by atoms with Crippen molar-refractivity contribution in [1.29, 1.82) is 0 Å². The van der Waals surface area contributed by atoms with Crippen LogP contribution in [0.25, 0.3) is 0 Å². The van der Waals surface area contributed by atoms with E-state index in [4.69, 9.17) is 4.74 Å². The SMILES string of the molecule is CCc1ccc(OC)c(C(=O)c2ccc([N+](=O)[O-])cc2)c1. The van der Waals surface area contributed by atoms with E-state index in [0.717, 1.165) is 12.0 Å². The normalized spacial score (nSPS) is 10.2. The number of methoxy groups -OCH3 is 1. The Kier molecular flexibility index (Phi) is 4.33. The van der Waals surface area contributed by atoms with Crippen LogP contribution in [0, 0.1) is 10.1 Å². The Balaban J connectivity index is 2.41. The first-order valence-corrected chi connectivity index (χ1v) is 6.53. The first kappa shape index (κ1) is 14.7. The molecule has 0 bridgehead atoms. The third-order valence-electron chi connectivity index (χ3n) is 3.26. The lowest BCUT2D eigenvalue weighted by Gasteiger charge is -2.09. The summed E-state index contributed by atoms with van der Waals surface area (Å²) in [6, 6.07) is 11.0. The molecule has 2 aromatic rings. The van der Waals surface area contributed by atoms with E-state index in [1.807, 2.05) is 13.0 Å². The van der Waals surface area contributed by atoms with Gasteiger partial charge in [-0.15, -0.1) is 0 Å². The molecule has 0 aromatic heterocycles. The number of hydrogen-bond acceptors (Lipinski definition) is 4. The van der Waals surface area contributed by atoms with Gasteiger partial charge in [0.15, 0.2) is 5.78 Å². The Labute approximate surface area is 122 Å². The van der Waals surface area contributed by atoms with Gasteiger partial charge in [-0.05, 0) is 36.2 Å². The second-order valence-corrected chi connectivity index (χ2v) is 4.52. The number of carbonyl (C=O) groups is 1. The van der Waals surface area contributed by atoms with Gasteiger partial charge < -0.3 is 4.74 Å². The van der Waals surface area contributed by atoms with Gasteiger partial charge in [0.05, 0.1) is 17.6 Å². The molecule has 0 heterocycles. The lowest BCUT2D eigenvalue weighted by molar-refractivity contribution is -0.384. The van der Waals surface area contributed by atoms with Crippen molar-refractivity contribution in [2.45, 2.75) is 13.3 Å². The van der Waals surface area contributed by atoms with Crippen molar-refractivity contribution in [1.82, 2.24) is 0 Å². The molecule has 0 spiro atoms. The van der Waals surface area contributed by atoms with Crippen molar-refractivity contribution in [3.05, 3.63) is 69.3 Å². The summed E-state index contributed by atoms with van der Waals surface area (Å²) in [4.78, 5) is 22.7. The molecule has 2 aromatic carbocycles. The van der Waals surface area contributed by atoms with Crippen molar-refractivity contribution < 1.29 is 14.5 Å². The van der Waals surface area contributed by atoms with Crippen LogP contribution < -0.4 is 4.74 Å². The van der Waals surface area contributed by atoms with E-state index in [2.05, 4.69) is 0 Å². The predicted molar refractivity (Wildman–Crippen MR) is 78.9 cm³/mol. The summed E-state index contributed by atoms with van der Waals surface area (Å²) < 4.78 is 5.22. The first-order valence-electron chi connectivity index (χ1n) is 6.53. The number of non-ortho nitro benzene ring substituents is 1. The van der Waals surface area contributed by atoms with Crippen LogP contribution in [0.5, 0.6) is 5.75 Å². The minimum absolute atomic E-state index is 0.0409. The van der Waals surface area contributed by atoms with Crippen LogP contribution in [-0.2, 0) is 6.42 Å². The van der Waals surface area contributed by atoms with E-state index in [1.54, 1.807) is 12.1 Å². The maximum absolute atomic E-state index is 12.5. The van der Waals surface area contributed by atoms with E-state index in [9.17, 15) is 14.9 Å². The van der Waals surface area contributed by atoms with Crippen molar-refractivity contribution in [3.8, 4) is 5.75 Å². The zero-order valence-corrected chi connectivity index (χ0v) is 11.8. The molecule has 0 aliphatic carbocycles. The van der Waals surface area contributed by atoms with Gasteiger partial charge in [-0.1, -0.05) is 13.0 Å². The molecule has 21 heavy (non-hydrogen) atoms. The minimum atomic E-state index is -0.494. The number of ether oxygens (including phenoxy) is 1. The molecule has 5 heteroatoms. The molecule has 0 radical (unpaired) electrons. The second kappa shape index (κ2) is 6.17. The molecule has 2 rings (SSSR count). The van der Waals surface area contributed by atoms with Crippen molar-refractivity contribution in [3.63, 3.8) is 0 Å². The molecule has 0 N–H and O–H groups in total. The maximum Gasteiger partial charge on any atom is 0.269 e. The largest absolute Gasteiger partial charge is 0.496 e. The third kappa shape index (κ3) is 3.08. The number of nitro benzene ring substituents is 1. The highest BCUT2D eigenvalue weighted by Crippen LogP contribution is 2.24. The summed E-state index contributed by atoms with van der Waals surface area (Å²) >= 11 is 0. The molecule has 0 aliphatic rings. The fourth-order valence-corrected chi connectivity index (χ4v) is 2.04. The fourth-order valence-electron chi connectivity index (χ4n) is 2.04. The highest BCUT2D eigenvalue weighted by atomic mass is 16.6. The summed E-state index contributed by atoms with van der Waals surface area (Å²) in [5.41, 5.74) is 1.85. The van der Waals surface area contributed by atoms with E-state index < -0.39 is 4.92 Å². The van der Waals surface area contributed by atoms with Gasteiger partial charge in [0.25, 0.3) is 5.69 Å². The molecular formula is C16H15NO4. The van der Waals surface area contributed by atoms with Crippen LogP contribution in [0.1, 0.15) is 28.4 Å². The van der Waals surface area contributed by atoms with Crippen molar-refractivity contribution in [2.24, 2.45) is 0 Å². The molecular weight excluding hydrogens is 270 g/mol. The Bertz CT molecular complexity index is 677. The van der Waals surface area contributed by atoms with Crippen LogP contribution in [0.15, 0.2) is 42.5 Å². The van der Waals surface area contributed by atoms with Crippen LogP contribution >= 0.6 is 0 Å².